The summed E-state index contributed by atoms with van der Waals surface area (Å²) in [6, 6.07) is 0.332. The second-order valence-corrected chi connectivity index (χ2v) is 4.28. The average Bonchev–Trinajstić information content (AvgIpc) is 2.54. The molecule has 2 atom stereocenters. The van der Waals surface area contributed by atoms with Gasteiger partial charge < -0.3 is 5.11 Å². The van der Waals surface area contributed by atoms with Crippen molar-refractivity contribution < 1.29 is 5.11 Å². The van der Waals surface area contributed by atoms with Crippen LogP contribution in [0.1, 0.15) is 38.5 Å². The number of piperidine rings is 1. The Labute approximate surface area is 80.1 Å². The molecule has 13 heavy (non-hydrogen) atoms. The van der Waals surface area contributed by atoms with Crippen LogP contribution in [0.25, 0.3) is 0 Å². The van der Waals surface area contributed by atoms with E-state index in [2.05, 4.69) is 10.4 Å². The van der Waals surface area contributed by atoms with Crippen molar-refractivity contribution >= 4 is 0 Å². The molecule has 0 bridgehead atoms. The molecule has 0 amide bonds. The number of aliphatic hydroxyl groups is 1. The highest BCUT2D eigenvalue weighted by molar-refractivity contribution is 4.82. The lowest BCUT2D eigenvalue weighted by molar-refractivity contribution is 0.0702. The average molecular weight is 184 g/mol. The Morgan fingerprint density at radius 3 is 2.38 bits per heavy atom. The summed E-state index contributed by atoms with van der Waals surface area (Å²) in [4.78, 5) is 0. The van der Waals surface area contributed by atoms with Gasteiger partial charge in [-0.05, 0) is 32.1 Å². The standard InChI is InChI=1S/C10H20N2O/c13-10-6-4-5-9(10)11-12-7-2-1-3-8-12/h9-11,13H,1-8H2. The molecule has 2 N–H and O–H groups in total. The SMILES string of the molecule is OC1CCCC1NN1CCCCC1. The van der Waals surface area contributed by atoms with Gasteiger partial charge in [-0.3, -0.25) is 0 Å². The van der Waals surface area contributed by atoms with Crippen molar-refractivity contribution in [1.29, 1.82) is 0 Å². The minimum absolute atomic E-state index is 0.109. The number of nitrogens with one attached hydrogen (secondary N) is 1. The predicted molar refractivity (Wildman–Crippen MR) is 52.2 cm³/mol. The molecule has 0 aromatic heterocycles. The molecule has 1 aliphatic heterocycles. The number of hydrogen-bond donors (Lipinski definition) is 2. The minimum Gasteiger partial charge on any atom is -0.391 e. The van der Waals surface area contributed by atoms with Crippen LogP contribution in [-0.2, 0) is 0 Å². The van der Waals surface area contributed by atoms with E-state index in [4.69, 9.17) is 0 Å². The van der Waals surface area contributed by atoms with Crippen molar-refractivity contribution in [3.8, 4) is 0 Å². The first-order chi connectivity index (χ1) is 6.36. The van der Waals surface area contributed by atoms with E-state index in [1.807, 2.05) is 0 Å². The van der Waals surface area contributed by atoms with Crippen molar-refractivity contribution in [3.63, 3.8) is 0 Å². The molecule has 0 radical (unpaired) electrons. The Morgan fingerprint density at radius 1 is 1.00 bits per heavy atom. The summed E-state index contributed by atoms with van der Waals surface area (Å²) < 4.78 is 0. The van der Waals surface area contributed by atoms with E-state index >= 15 is 0 Å². The quantitative estimate of drug-likeness (QED) is 0.669. The van der Waals surface area contributed by atoms with Crippen molar-refractivity contribution in [2.24, 2.45) is 0 Å². The third kappa shape index (κ3) is 2.42. The molecular weight excluding hydrogens is 164 g/mol. The summed E-state index contributed by atoms with van der Waals surface area (Å²) in [6.45, 7) is 2.31. The molecule has 76 valence electrons. The summed E-state index contributed by atoms with van der Waals surface area (Å²) in [5.74, 6) is 0. The zero-order valence-electron chi connectivity index (χ0n) is 8.21. The zero-order chi connectivity index (χ0) is 9.10. The molecule has 0 aromatic rings. The van der Waals surface area contributed by atoms with Gasteiger partial charge in [-0.2, -0.15) is 0 Å². The Hall–Kier alpha value is -0.120. The van der Waals surface area contributed by atoms with Crippen LogP contribution in [0, 0.1) is 0 Å². The second-order valence-electron chi connectivity index (χ2n) is 4.28. The van der Waals surface area contributed by atoms with Gasteiger partial charge in [0.15, 0.2) is 0 Å². The fraction of sp³-hybridized carbons (Fsp3) is 1.00. The third-order valence-electron chi connectivity index (χ3n) is 3.18. The Bertz CT molecular complexity index is 157. The van der Waals surface area contributed by atoms with Gasteiger partial charge in [-0.15, -0.1) is 0 Å². The normalized spacial score (nSPS) is 36.7. The maximum atomic E-state index is 9.63. The smallest absolute Gasteiger partial charge is 0.0706 e. The van der Waals surface area contributed by atoms with Crippen LogP contribution >= 0.6 is 0 Å². The molecule has 1 saturated carbocycles. The van der Waals surface area contributed by atoms with Crippen LogP contribution in [0.5, 0.6) is 0 Å². The number of aliphatic hydroxyl groups excluding tert-OH is 1. The summed E-state index contributed by atoms with van der Waals surface area (Å²) >= 11 is 0. The monoisotopic (exact) mass is 184 g/mol. The molecule has 0 aromatic carbocycles. The van der Waals surface area contributed by atoms with Crippen molar-refractivity contribution in [2.75, 3.05) is 13.1 Å². The molecule has 2 rings (SSSR count). The molecule has 1 aliphatic carbocycles. The molecule has 1 saturated heterocycles. The lowest BCUT2D eigenvalue weighted by atomic mass is 10.1. The van der Waals surface area contributed by atoms with E-state index in [1.54, 1.807) is 0 Å². The highest BCUT2D eigenvalue weighted by Gasteiger charge is 2.26. The maximum absolute atomic E-state index is 9.63. The van der Waals surface area contributed by atoms with Gasteiger partial charge in [0.25, 0.3) is 0 Å². The second kappa shape index (κ2) is 4.40. The lowest BCUT2D eigenvalue weighted by Crippen LogP contribution is -2.49. The summed E-state index contributed by atoms with van der Waals surface area (Å²) in [6.07, 6.45) is 7.15. The zero-order valence-corrected chi connectivity index (χ0v) is 8.21. The molecule has 2 unspecified atom stereocenters. The van der Waals surface area contributed by atoms with Crippen LogP contribution in [-0.4, -0.2) is 35.4 Å². The summed E-state index contributed by atoms with van der Waals surface area (Å²) in [5, 5.41) is 11.9. The molecule has 1 heterocycles. The maximum Gasteiger partial charge on any atom is 0.0706 e. The van der Waals surface area contributed by atoms with Crippen LogP contribution in [0.3, 0.4) is 0 Å². The topological polar surface area (TPSA) is 35.5 Å². The first kappa shape index (κ1) is 9.44. The fourth-order valence-corrected chi connectivity index (χ4v) is 2.35. The predicted octanol–water partition coefficient (Wildman–Crippen LogP) is 0.890. The number of hydrogen-bond acceptors (Lipinski definition) is 3. The van der Waals surface area contributed by atoms with Crippen molar-refractivity contribution in [1.82, 2.24) is 10.4 Å². The van der Waals surface area contributed by atoms with Gasteiger partial charge in [-0.25, -0.2) is 10.4 Å². The first-order valence-corrected chi connectivity index (χ1v) is 5.55. The van der Waals surface area contributed by atoms with Crippen LogP contribution < -0.4 is 5.43 Å². The number of nitrogens with zero attached hydrogens (tertiary/aromatic N) is 1. The van der Waals surface area contributed by atoms with Crippen LogP contribution in [0.15, 0.2) is 0 Å². The highest BCUT2D eigenvalue weighted by Crippen LogP contribution is 2.19. The van der Waals surface area contributed by atoms with Gasteiger partial charge in [0, 0.05) is 19.1 Å². The Kier molecular flexibility index (Phi) is 3.19. The van der Waals surface area contributed by atoms with Gasteiger partial charge >= 0.3 is 0 Å². The van der Waals surface area contributed by atoms with Gasteiger partial charge in [0.1, 0.15) is 0 Å². The molecule has 3 heteroatoms. The summed E-state index contributed by atoms with van der Waals surface area (Å²) in [5.41, 5.74) is 3.45. The molecule has 0 spiro atoms. The molecule has 2 aliphatic rings. The van der Waals surface area contributed by atoms with Gasteiger partial charge in [0.2, 0.25) is 0 Å². The first-order valence-electron chi connectivity index (χ1n) is 5.55. The third-order valence-corrected chi connectivity index (χ3v) is 3.18. The van der Waals surface area contributed by atoms with E-state index in [1.165, 1.54) is 25.7 Å². The van der Waals surface area contributed by atoms with Gasteiger partial charge in [-0.1, -0.05) is 6.42 Å². The minimum atomic E-state index is -0.109. The molecular formula is C10H20N2O. The summed E-state index contributed by atoms with van der Waals surface area (Å²) in [7, 11) is 0. The lowest BCUT2D eigenvalue weighted by Gasteiger charge is -2.31. The van der Waals surface area contributed by atoms with E-state index in [9.17, 15) is 5.11 Å². The van der Waals surface area contributed by atoms with Gasteiger partial charge in [0.05, 0.1) is 6.10 Å². The largest absolute Gasteiger partial charge is 0.391 e. The molecule has 3 nitrogen and oxygen atoms in total. The highest BCUT2D eigenvalue weighted by atomic mass is 16.3. The van der Waals surface area contributed by atoms with E-state index < -0.39 is 0 Å². The van der Waals surface area contributed by atoms with Crippen molar-refractivity contribution in [3.05, 3.63) is 0 Å². The number of hydrazine groups is 1. The number of rotatable bonds is 2. The van der Waals surface area contributed by atoms with Crippen LogP contribution in [0.2, 0.25) is 0 Å². The van der Waals surface area contributed by atoms with Crippen molar-refractivity contribution in [2.45, 2.75) is 50.7 Å². The molecule has 2 fully saturated rings. The van der Waals surface area contributed by atoms with E-state index in [0.29, 0.717) is 6.04 Å². The fourth-order valence-electron chi connectivity index (χ4n) is 2.35. The van der Waals surface area contributed by atoms with E-state index in [0.717, 1.165) is 25.9 Å². The van der Waals surface area contributed by atoms with E-state index in [-0.39, 0.29) is 6.10 Å². The Morgan fingerprint density at radius 2 is 1.77 bits per heavy atom. The Balaban J connectivity index is 1.75. The van der Waals surface area contributed by atoms with Crippen LogP contribution in [0.4, 0.5) is 0 Å².